The zero-order chi connectivity index (χ0) is 13.5. The lowest BCUT2D eigenvalue weighted by Gasteiger charge is -2.35. The molecule has 1 aliphatic rings. The van der Waals surface area contributed by atoms with Crippen molar-refractivity contribution in [2.45, 2.75) is 58.0 Å². The van der Waals surface area contributed by atoms with Gasteiger partial charge in [0.1, 0.15) is 6.04 Å². The predicted molar refractivity (Wildman–Crippen MR) is 75.7 cm³/mol. The normalized spacial score (nSPS) is 18.2. The van der Waals surface area contributed by atoms with E-state index >= 15 is 0 Å². The molecule has 18 heavy (non-hydrogen) atoms. The van der Waals surface area contributed by atoms with Crippen molar-refractivity contribution in [3.05, 3.63) is 0 Å². The summed E-state index contributed by atoms with van der Waals surface area (Å²) < 4.78 is 0. The molecule has 5 heteroatoms. The minimum Gasteiger partial charge on any atom is -0.344 e. The van der Waals surface area contributed by atoms with Gasteiger partial charge < -0.3 is 10.2 Å². The molecule has 0 saturated heterocycles. The van der Waals surface area contributed by atoms with E-state index in [1.165, 1.54) is 26.2 Å². The molecule has 2 amide bonds. The van der Waals surface area contributed by atoms with Gasteiger partial charge in [0.05, 0.1) is 0 Å². The van der Waals surface area contributed by atoms with E-state index in [-0.39, 0.29) is 11.8 Å². The summed E-state index contributed by atoms with van der Waals surface area (Å²) in [6.07, 6.45) is 5.82. The number of nitrogens with one attached hydrogen (secondary N) is 1. The van der Waals surface area contributed by atoms with Crippen LogP contribution >= 0.6 is 12.6 Å². The molecule has 0 aromatic heterocycles. The third-order valence-corrected chi connectivity index (χ3v) is 3.86. The minimum absolute atomic E-state index is 0.00889. The summed E-state index contributed by atoms with van der Waals surface area (Å²) in [5.41, 5.74) is 0. The number of hydrogen-bond donors (Lipinski definition) is 2. The first kappa shape index (κ1) is 15.3. The molecule has 1 saturated carbocycles. The van der Waals surface area contributed by atoms with Gasteiger partial charge in [-0.1, -0.05) is 19.3 Å². The fraction of sp³-hybridized carbons (Fsp3) is 0.846. The van der Waals surface area contributed by atoms with Gasteiger partial charge in [-0.15, -0.1) is 0 Å². The van der Waals surface area contributed by atoms with Crippen molar-refractivity contribution in [2.24, 2.45) is 0 Å². The molecular weight excluding hydrogens is 248 g/mol. The van der Waals surface area contributed by atoms with Crippen molar-refractivity contribution in [3.63, 3.8) is 0 Å². The maximum atomic E-state index is 12.4. The van der Waals surface area contributed by atoms with Gasteiger partial charge in [-0.2, -0.15) is 12.6 Å². The third kappa shape index (κ3) is 4.19. The van der Waals surface area contributed by atoms with E-state index in [0.29, 0.717) is 18.3 Å². The Labute approximate surface area is 115 Å². The number of thiol groups is 1. The van der Waals surface area contributed by atoms with Crippen molar-refractivity contribution < 1.29 is 9.59 Å². The highest BCUT2D eigenvalue weighted by atomic mass is 32.1. The zero-order valence-electron chi connectivity index (χ0n) is 11.3. The maximum Gasteiger partial charge on any atom is 0.246 e. The van der Waals surface area contributed by atoms with Gasteiger partial charge in [0.15, 0.2) is 0 Å². The molecular formula is C13H24N2O2S. The molecule has 0 heterocycles. The molecule has 1 unspecified atom stereocenters. The second kappa shape index (κ2) is 7.67. The molecule has 0 aliphatic heterocycles. The number of carbonyl (C=O) groups is 2. The molecule has 1 atom stereocenters. The topological polar surface area (TPSA) is 49.4 Å². The Morgan fingerprint density at radius 2 is 1.94 bits per heavy atom. The van der Waals surface area contributed by atoms with Gasteiger partial charge in [0.2, 0.25) is 11.8 Å². The van der Waals surface area contributed by atoms with E-state index in [1.54, 1.807) is 0 Å². The molecule has 4 nitrogen and oxygen atoms in total. The summed E-state index contributed by atoms with van der Waals surface area (Å²) in [6, 6.07) is -0.153. The van der Waals surface area contributed by atoms with Crippen LogP contribution in [-0.4, -0.2) is 41.1 Å². The molecule has 1 aliphatic carbocycles. The Kier molecular flexibility index (Phi) is 6.54. The van der Waals surface area contributed by atoms with E-state index in [9.17, 15) is 9.59 Å². The van der Waals surface area contributed by atoms with Gasteiger partial charge in [0.25, 0.3) is 0 Å². The summed E-state index contributed by atoms with van der Waals surface area (Å²) in [7, 11) is 0. The van der Waals surface area contributed by atoms with Gasteiger partial charge in [-0.3, -0.25) is 9.59 Å². The lowest BCUT2D eigenvalue weighted by molar-refractivity contribution is -0.137. The average Bonchev–Trinajstić information content (AvgIpc) is 2.37. The first-order valence-electron chi connectivity index (χ1n) is 6.78. The highest BCUT2D eigenvalue weighted by Crippen LogP contribution is 2.23. The highest BCUT2D eigenvalue weighted by molar-refractivity contribution is 7.80. The van der Waals surface area contributed by atoms with Crippen LogP contribution in [0.3, 0.4) is 0 Å². The lowest BCUT2D eigenvalue weighted by atomic mass is 9.94. The molecule has 0 bridgehead atoms. The Morgan fingerprint density at radius 3 is 2.39 bits per heavy atom. The van der Waals surface area contributed by atoms with Gasteiger partial charge >= 0.3 is 0 Å². The first-order valence-corrected chi connectivity index (χ1v) is 7.41. The third-order valence-electron chi connectivity index (χ3n) is 3.50. The fourth-order valence-electron chi connectivity index (χ4n) is 2.62. The number of hydrogen-bond acceptors (Lipinski definition) is 3. The monoisotopic (exact) mass is 272 g/mol. The quantitative estimate of drug-likeness (QED) is 0.747. The van der Waals surface area contributed by atoms with Crippen LogP contribution in [0, 0.1) is 0 Å². The van der Waals surface area contributed by atoms with Crippen LogP contribution in [-0.2, 0) is 9.59 Å². The summed E-state index contributed by atoms with van der Waals surface area (Å²) in [4.78, 5) is 25.4. The van der Waals surface area contributed by atoms with Gasteiger partial charge in [0, 0.05) is 25.3 Å². The molecule has 1 N–H and O–H groups in total. The van der Waals surface area contributed by atoms with E-state index < -0.39 is 6.04 Å². The van der Waals surface area contributed by atoms with Gasteiger partial charge in [-0.25, -0.2) is 0 Å². The summed E-state index contributed by atoms with van der Waals surface area (Å²) in [5.74, 6) is 0.179. The smallest absolute Gasteiger partial charge is 0.246 e. The molecule has 1 fully saturated rings. The molecule has 0 aromatic rings. The molecule has 104 valence electrons. The number of likely N-dealkylation sites (N-methyl/N-ethyl adjacent to an activating group) is 1. The van der Waals surface area contributed by atoms with E-state index in [4.69, 9.17) is 0 Å². The van der Waals surface area contributed by atoms with Crippen LogP contribution < -0.4 is 5.32 Å². The van der Waals surface area contributed by atoms with Crippen LogP contribution in [0.25, 0.3) is 0 Å². The first-order chi connectivity index (χ1) is 8.60. The van der Waals surface area contributed by atoms with Crippen molar-refractivity contribution in [1.29, 1.82) is 0 Å². The minimum atomic E-state index is -0.493. The Morgan fingerprint density at radius 1 is 1.33 bits per heavy atom. The van der Waals surface area contributed by atoms with Crippen molar-refractivity contribution in [1.82, 2.24) is 10.2 Å². The van der Waals surface area contributed by atoms with E-state index in [1.807, 2.05) is 11.8 Å². The molecule has 0 radical (unpaired) electrons. The number of amides is 2. The number of rotatable bonds is 5. The summed E-state index contributed by atoms with van der Waals surface area (Å²) >= 11 is 4.16. The van der Waals surface area contributed by atoms with Crippen molar-refractivity contribution in [2.75, 3.05) is 12.3 Å². The summed E-state index contributed by atoms with van der Waals surface area (Å²) in [5, 5.41) is 2.68. The number of carbonyl (C=O) groups excluding carboxylic acids is 2. The van der Waals surface area contributed by atoms with E-state index in [2.05, 4.69) is 17.9 Å². The van der Waals surface area contributed by atoms with Crippen LogP contribution in [0.2, 0.25) is 0 Å². The SMILES string of the molecule is CCN(C(=O)C(CS)NC(C)=O)C1CCCCC1. The highest BCUT2D eigenvalue weighted by Gasteiger charge is 2.29. The van der Waals surface area contributed by atoms with Crippen LogP contribution in [0.15, 0.2) is 0 Å². The standard InChI is InChI=1S/C13H24N2O2S/c1-3-15(11-7-5-4-6-8-11)13(17)12(9-18)14-10(2)16/h11-12,18H,3-9H2,1-2H3,(H,14,16). The summed E-state index contributed by atoms with van der Waals surface area (Å²) in [6.45, 7) is 4.13. The number of nitrogens with zero attached hydrogens (tertiary/aromatic N) is 1. The second-order valence-electron chi connectivity index (χ2n) is 4.85. The lowest BCUT2D eigenvalue weighted by Crippen LogP contribution is -2.52. The average molecular weight is 272 g/mol. The zero-order valence-corrected chi connectivity index (χ0v) is 12.2. The van der Waals surface area contributed by atoms with Crippen LogP contribution in [0.4, 0.5) is 0 Å². The second-order valence-corrected chi connectivity index (χ2v) is 5.22. The molecule has 0 spiro atoms. The largest absolute Gasteiger partial charge is 0.344 e. The van der Waals surface area contributed by atoms with Crippen LogP contribution in [0.5, 0.6) is 0 Å². The van der Waals surface area contributed by atoms with Crippen LogP contribution in [0.1, 0.15) is 46.0 Å². The fourth-order valence-corrected chi connectivity index (χ4v) is 2.87. The maximum absolute atomic E-state index is 12.4. The molecule has 1 rings (SSSR count). The van der Waals surface area contributed by atoms with Crippen molar-refractivity contribution >= 4 is 24.4 Å². The Hall–Kier alpha value is -0.710. The van der Waals surface area contributed by atoms with Gasteiger partial charge in [-0.05, 0) is 19.8 Å². The Balaban J connectivity index is 2.66. The Bertz CT molecular complexity index is 291. The predicted octanol–water partition coefficient (Wildman–Crippen LogP) is 1.60. The molecule has 0 aromatic carbocycles. The van der Waals surface area contributed by atoms with Crippen molar-refractivity contribution in [3.8, 4) is 0 Å². The van der Waals surface area contributed by atoms with E-state index in [0.717, 1.165) is 12.8 Å².